The third-order valence-corrected chi connectivity index (χ3v) is 9.68. The van der Waals surface area contributed by atoms with Crippen LogP contribution in [0.2, 0.25) is 10.0 Å². The van der Waals surface area contributed by atoms with Crippen molar-refractivity contribution in [2.24, 2.45) is 0 Å². The molecule has 2 aromatic carbocycles. The minimum Gasteiger partial charge on any atom is -0.477 e. The van der Waals surface area contributed by atoms with Crippen molar-refractivity contribution in [1.29, 1.82) is 0 Å². The zero-order chi connectivity index (χ0) is 29.2. The summed E-state index contributed by atoms with van der Waals surface area (Å²) in [4.78, 5) is 6.97. The van der Waals surface area contributed by atoms with Gasteiger partial charge >= 0.3 is 0 Å². The third kappa shape index (κ3) is 8.70. The summed E-state index contributed by atoms with van der Waals surface area (Å²) in [6.45, 7) is 13.9. The van der Waals surface area contributed by atoms with Crippen LogP contribution in [-0.2, 0) is 19.4 Å². The standard InChI is InChI=1S/C35H47Cl2N3O/c1-5-35(4,6-2)39-25-27-14-15-29(32(36)24-27)17-16-28-12-10-13-30(26(28)3)31-18-19-38-34(33(31)37)41-23-11-22-40-20-8-7-9-21-40/h10,12-15,18-19,24,39H,5-9,11,16-17,20-23,25H2,1-4H3. The van der Waals surface area contributed by atoms with Crippen LogP contribution in [0.25, 0.3) is 11.1 Å². The maximum Gasteiger partial charge on any atom is 0.233 e. The predicted molar refractivity (Wildman–Crippen MR) is 175 cm³/mol. The maximum absolute atomic E-state index is 6.86. The number of nitrogens with one attached hydrogen (secondary N) is 1. The maximum atomic E-state index is 6.86. The molecule has 6 heteroatoms. The van der Waals surface area contributed by atoms with Crippen LogP contribution in [0.3, 0.4) is 0 Å². The van der Waals surface area contributed by atoms with Gasteiger partial charge in [-0.2, -0.15) is 0 Å². The van der Waals surface area contributed by atoms with Crippen LogP contribution in [0.4, 0.5) is 0 Å². The zero-order valence-electron chi connectivity index (χ0n) is 25.4. The van der Waals surface area contributed by atoms with Crippen LogP contribution in [0.15, 0.2) is 48.7 Å². The van der Waals surface area contributed by atoms with Crippen LogP contribution in [0.5, 0.6) is 5.88 Å². The van der Waals surface area contributed by atoms with Crippen molar-refractivity contribution >= 4 is 23.2 Å². The van der Waals surface area contributed by atoms with Crippen molar-refractivity contribution < 1.29 is 4.74 Å². The molecule has 1 aromatic heterocycles. The highest BCUT2D eigenvalue weighted by atomic mass is 35.5. The smallest absolute Gasteiger partial charge is 0.233 e. The van der Waals surface area contributed by atoms with E-state index in [-0.39, 0.29) is 5.54 Å². The van der Waals surface area contributed by atoms with E-state index in [1.165, 1.54) is 54.6 Å². The number of rotatable bonds is 14. The van der Waals surface area contributed by atoms with Gasteiger partial charge in [0.05, 0.1) is 6.61 Å². The fourth-order valence-electron chi connectivity index (χ4n) is 5.61. The van der Waals surface area contributed by atoms with E-state index < -0.39 is 0 Å². The molecule has 0 amide bonds. The Kier molecular flexibility index (Phi) is 11.9. The summed E-state index contributed by atoms with van der Waals surface area (Å²) in [6.07, 6.45) is 10.7. The number of hydrogen-bond donors (Lipinski definition) is 1. The van der Waals surface area contributed by atoms with Crippen molar-refractivity contribution in [1.82, 2.24) is 15.2 Å². The second-order valence-corrected chi connectivity index (χ2v) is 12.5. The molecule has 0 unspecified atom stereocenters. The number of halogens is 2. The summed E-state index contributed by atoms with van der Waals surface area (Å²) in [5.41, 5.74) is 7.17. The first-order chi connectivity index (χ1) is 19.8. The Morgan fingerprint density at radius 3 is 2.44 bits per heavy atom. The lowest BCUT2D eigenvalue weighted by molar-refractivity contribution is 0.203. The first kappa shape index (κ1) is 31.8. The summed E-state index contributed by atoms with van der Waals surface area (Å²) in [6, 6.07) is 14.9. The molecule has 3 aromatic rings. The number of hydrogen-bond acceptors (Lipinski definition) is 4. The van der Waals surface area contributed by atoms with Crippen LogP contribution in [-0.4, -0.2) is 41.7 Å². The van der Waals surface area contributed by atoms with Crippen LogP contribution in [0, 0.1) is 6.92 Å². The van der Waals surface area contributed by atoms with E-state index in [2.05, 4.69) is 79.3 Å². The van der Waals surface area contributed by atoms with Gasteiger partial charge in [-0.25, -0.2) is 4.98 Å². The SMILES string of the molecule is CCC(C)(CC)NCc1ccc(CCc2cccc(-c3ccnc(OCCCN4CCCCC4)c3Cl)c2C)c(Cl)c1. The fourth-order valence-corrected chi connectivity index (χ4v) is 6.17. The molecule has 41 heavy (non-hydrogen) atoms. The Morgan fingerprint density at radius 2 is 1.71 bits per heavy atom. The molecule has 4 rings (SSSR count). The van der Waals surface area contributed by atoms with Crippen molar-refractivity contribution in [3.05, 3.63) is 81.0 Å². The third-order valence-electron chi connectivity index (χ3n) is 8.96. The summed E-state index contributed by atoms with van der Waals surface area (Å²) >= 11 is 13.6. The quantitative estimate of drug-likeness (QED) is 0.188. The second kappa shape index (κ2) is 15.4. The lowest BCUT2D eigenvalue weighted by atomic mass is 9.93. The van der Waals surface area contributed by atoms with Gasteiger partial charge in [0.25, 0.3) is 0 Å². The van der Waals surface area contributed by atoms with E-state index in [1.807, 2.05) is 6.07 Å². The number of pyridine rings is 1. The summed E-state index contributed by atoms with van der Waals surface area (Å²) in [7, 11) is 0. The molecule has 1 N–H and O–H groups in total. The van der Waals surface area contributed by atoms with Gasteiger partial charge in [-0.3, -0.25) is 0 Å². The van der Waals surface area contributed by atoms with Crippen molar-refractivity contribution in [3.8, 4) is 17.0 Å². The molecule has 1 fully saturated rings. The van der Waals surface area contributed by atoms with Gasteiger partial charge in [0, 0.05) is 35.4 Å². The van der Waals surface area contributed by atoms with Gasteiger partial charge in [-0.1, -0.05) is 73.8 Å². The van der Waals surface area contributed by atoms with Crippen LogP contribution in [0.1, 0.15) is 81.5 Å². The van der Waals surface area contributed by atoms with Gasteiger partial charge < -0.3 is 15.0 Å². The number of likely N-dealkylation sites (tertiary alicyclic amines) is 1. The van der Waals surface area contributed by atoms with Gasteiger partial charge in [0.1, 0.15) is 5.02 Å². The van der Waals surface area contributed by atoms with Crippen molar-refractivity contribution in [3.63, 3.8) is 0 Å². The monoisotopic (exact) mass is 595 g/mol. The van der Waals surface area contributed by atoms with Gasteiger partial charge in [0.2, 0.25) is 5.88 Å². The Hall–Kier alpha value is -2.11. The molecule has 0 spiro atoms. The normalized spacial score (nSPS) is 14.4. The number of nitrogens with zero attached hydrogens (tertiary/aromatic N) is 2. The predicted octanol–water partition coefficient (Wildman–Crippen LogP) is 9.07. The van der Waals surface area contributed by atoms with Crippen LogP contribution >= 0.6 is 23.2 Å². The highest BCUT2D eigenvalue weighted by Crippen LogP contribution is 2.36. The molecular formula is C35H47Cl2N3O. The molecule has 0 bridgehead atoms. The second-order valence-electron chi connectivity index (χ2n) is 11.7. The number of aromatic nitrogens is 1. The van der Waals surface area contributed by atoms with E-state index in [4.69, 9.17) is 27.9 Å². The minimum atomic E-state index is 0.158. The first-order valence-electron chi connectivity index (χ1n) is 15.4. The molecule has 0 aliphatic carbocycles. The van der Waals surface area contributed by atoms with Crippen molar-refractivity contribution in [2.75, 3.05) is 26.2 Å². The average molecular weight is 597 g/mol. The first-order valence-corrected chi connectivity index (χ1v) is 16.2. The zero-order valence-corrected chi connectivity index (χ0v) is 26.9. The molecule has 222 valence electrons. The minimum absolute atomic E-state index is 0.158. The van der Waals surface area contributed by atoms with Crippen LogP contribution < -0.4 is 10.1 Å². The Labute approximate surface area is 257 Å². The molecule has 2 heterocycles. The summed E-state index contributed by atoms with van der Waals surface area (Å²) < 4.78 is 6.05. The number of ether oxygens (including phenoxy) is 1. The summed E-state index contributed by atoms with van der Waals surface area (Å²) in [5.74, 6) is 0.521. The number of aryl methyl sites for hydroxylation is 2. The highest BCUT2D eigenvalue weighted by molar-refractivity contribution is 6.34. The fraction of sp³-hybridized carbons (Fsp3) is 0.514. The Morgan fingerprint density at radius 1 is 0.951 bits per heavy atom. The van der Waals surface area contributed by atoms with E-state index in [9.17, 15) is 0 Å². The van der Waals surface area contributed by atoms with Gasteiger partial charge in [0.15, 0.2) is 0 Å². The molecule has 0 atom stereocenters. The van der Waals surface area contributed by atoms with E-state index in [0.717, 1.165) is 61.3 Å². The largest absolute Gasteiger partial charge is 0.477 e. The Bertz CT molecular complexity index is 1270. The van der Waals surface area contributed by atoms with E-state index in [0.29, 0.717) is 17.5 Å². The highest BCUT2D eigenvalue weighted by Gasteiger charge is 2.19. The number of piperidine rings is 1. The van der Waals surface area contributed by atoms with Gasteiger partial charge in [-0.05, 0) is 112 Å². The molecular weight excluding hydrogens is 549 g/mol. The lowest BCUT2D eigenvalue weighted by Gasteiger charge is -2.28. The molecule has 1 saturated heterocycles. The van der Waals surface area contributed by atoms with E-state index in [1.54, 1.807) is 6.20 Å². The summed E-state index contributed by atoms with van der Waals surface area (Å²) in [5, 5.41) is 5.12. The van der Waals surface area contributed by atoms with Crippen molar-refractivity contribution in [2.45, 2.75) is 91.1 Å². The molecule has 1 aliphatic heterocycles. The van der Waals surface area contributed by atoms with Gasteiger partial charge in [-0.15, -0.1) is 0 Å². The molecule has 4 nitrogen and oxygen atoms in total. The topological polar surface area (TPSA) is 37.4 Å². The molecule has 1 aliphatic rings. The lowest BCUT2D eigenvalue weighted by Crippen LogP contribution is -2.40. The average Bonchev–Trinajstić information content (AvgIpc) is 2.99. The number of benzene rings is 2. The molecule has 0 radical (unpaired) electrons. The Balaban J connectivity index is 1.38. The van der Waals surface area contributed by atoms with E-state index >= 15 is 0 Å². The molecule has 0 saturated carbocycles.